The van der Waals surface area contributed by atoms with Gasteiger partial charge in [-0.2, -0.15) is 0 Å². The number of carbonyl (C=O) groups excluding carboxylic acids is 1. The van der Waals surface area contributed by atoms with Crippen LogP contribution in [0.25, 0.3) is 22.2 Å². The zero-order chi connectivity index (χ0) is 19.0. The second kappa shape index (κ2) is 7.43. The molecule has 1 aliphatic rings. The molecule has 27 heavy (non-hydrogen) atoms. The Balaban J connectivity index is 1.86. The van der Waals surface area contributed by atoms with Crippen molar-refractivity contribution in [1.29, 1.82) is 0 Å². The van der Waals surface area contributed by atoms with E-state index >= 15 is 0 Å². The molecule has 0 radical (unpaired) electrons. The molecule has 2 aromatic carbocycles. The number of benzene rings is 2. The van der Waals surface area contributed by atoms with Gasteiger partial charge in [0.25, 0.3) is 5.91 Å². The van der Waals surface area contributed by atoms with E-state index in [9.17, 15) is 4.79 Å². The molecule has 4 rings (SSSR count). The lowest BCUT2D eigenvalue weighted by atomic mass is 9.98. The van der Waals surface area contributed by atoms with Crippen LogP contribution in [0, 0.1) is 12.8 Å². The minimum absolute atomic E-state index is 0.112. The Morgan fingerprint density at radius 3 is 2.81 bits per heavy atom. The minimum atomic E-state index is 0.112. The highest BCUT2D eigenvalue weighted by atomic mass is 79.9. The Labute approximate surface area is 168 Å². The van der Waals surface area contributed by atoms with E-state index in [1.807, 2.05) is 35.2 Å². The van der Waals surface area contributed by atoms with Crippen LogP contribution < -0.4 is 0 Å². The number of rotatable bonds is 2. The van der Waals surface area contributed by atoms with E-state index in [0.29, 0.717) is 5.92 Å². The first kappa shape index (κ1) is 18.2. The van der Waals surface area contributed by atoms with Crippen molar-refractivity contribution in [2.75, 3.05) is 13.1 Å². The zero-order valence-corrected chi connectivity index (χ0v) is 17.3. The molecule has 0 N–H and O–H groups in total. The van der Waals surface area contributed by atoms with Crippen LogP contribution in [0.3, 0.4) is 0 Å². The number of fused-ring (bicyclic) bond motifs is 1. The van der Waals surface area contributed by atoms with Crippen molar-refractivity contribution >= 4 is 32.7 Å². The first-order valence-corrected chi connectivity index (χ1v) is 10.3. The number of hydrogen-bond donors (Lipinski definition) is 0. The highest BCUT2D eigenvalue weighted by molar-refractivity contribution is 9.10. The van der Waals surface area contributed by atoms with Crippen molar-refractivity contribution < 1.29 is 4.79 Å². The Morgan fingerprint density at radius 1 is 1.19 bits per heavy atom. The van der Waals surface area contributed by atoms with Crippen LogP contribution in [0.4, 0.5) is 0 Å². The molecule has 1 amide bonds. The van der Waals surface area contributed by atoms with Gasteiger partial charge in [-0.05, 0) is 56.0 Å². The van der Waals surface area contributed by atoms with Crippen LogP contribution in [-0.2, 0) is 0 Å². The zero-order valence-electron chi connectivity index (χ0n) is 15.7. The largest absolute Gasteiger partial charge is 0.338 e. The van der Waals surface area contributed by atoms with Gasteiger partial charge in [-0.15, -0.1) is 0 Å². The van der Waals surface area contributed by atoms with Gasteiger partial charge in [0.15, 0.2) is 0 Å². The second-order valence-electron chi connectivity index (χ2n) is 7.58. The third-order valence-corrected chi connectivity index (χ3v) is 5.75. The molecule has 3 nitrogen and oxygen atoms in total. The summed E-state index contributed by atoms with van der Waals surface area (Å²) in [5, 5.41) is 0.906. The number of hydrogen-bond acceptors (Lipinski definition) is 2. The van der Waals surface area contributed by atoms with Gasteiger partial charge in [0.2, 0.25) is 0 Å². The number of amides is 1. The average Bonchev–Trinajstić information content (AvgIpc) is 2.66. The van der Waals surface area contributed by atoms with Gasteiger partial charge in [0.05, 0.1) is 16.8 Å². The fraction of sp³-hybridized carbons (Fsp3) is 0.304. The Hall–Kier alpha value is -2.20. The van der Waals surface area contributed by atoms with Crippen LogP contribution in [0.1, 0.15) is 35.7 Å². The summed E-state index contributed by atoms with van der Waals surface area (Å²) in [5.41, 5.74) is 4.67. The molecule has 4 heteroatoms. The molecular weight excluding hydrogens is 400 g/mol. The molecule has 1 unspecified atom stereocenters. The summed E-state index contributed by atoms with van der Waals surface area (Å²) in [7, 11) is 0. The van der Waals surface area contributed by atoms with E-state index in [-0.39, 0.29) is 5.91 Å². The molecular formula is C23H23BrN2O. The molecule has 1 aliphatic heterocycles. The lowest BCUT2D eigenvalue weighted by molar-refractivity contribution is 0.0685. The van der Waals surface area contributed by atoms with Crippen molar-refractivity contribution in [3.05, 3.63) is 64.1 Å². The van der Waals surface area contributed by atoms with E-state index in [2.05, 4.69) is 48.0 Å². The summed E-state index contributed by atoms with van der Waals surface area (Å²) in [5.74, 6) is 0.666. The summed E-state index contributed by atoms with van der Waals surface area (Å²) in [6, 6.07) is 16.2. The van der Waals surface area contributed by atoms with Gasteiger partial charge >= 0.3 is 0 Å². The molecule has 3 aromatic rings. The molecule has 0 bridgehead atoms. The SMILES string of the molecule is Cc1cccc(-c2cc(C(=O)N3CCCC(C)C3)c3cc(Br)ccc3n2)c1. The van der Waals surface area contributed by atoms with Crippen LogP contribution in [-0.4, -0.2) is 28.9 Å². The van der Waals surface area contributed by atoms with Gasteiger partial charge < -0.3 is 4.90 Å². The maximum Gasteiger partial charge on any atom is 0.254 e. The van der Waals surface area contributed by atoms with Gasteiger partial charge in [-0.3, -0.25) is 4.79 Å². The highest BCUT2D eigenvalue weighted by Gasteiger charge is 2.24. The summed E-state index contributed by atoms with van der Waals surface area (Å²) >= 11 is 3.54. The smallest absolute Gasteiger partial charge is 0.254 e. The number of nitrogens with zero attached hydrogens (tertiary/aromatic N) is 2. The Bertz CT molecular complexity index is 1010. The molecule has 1 aromatic heterocycles. The number of carbonyl (C=O) groups is 1. The van der Waals surface area contributed by atoms with Gasteiger partial charge in [-0.25, -0.2) is 4.98 Å². The molecule has 2 heterocycles. The highest BCUT2D eigenvalue weighted by Crippen LogP contribution is 2.29. The first-order valence-electron chi connectivity index (χ1n) is 9.48. The third kappa shape index (κ3) is 3.77. The summed E-state index contributed by atoms with van der Waals surface area (Å²) < 4.78 is 0.959. The Morgan fingerprint density at radius 2 is 2.04 bits per heavy atom. The van der Waals surface area contributed by atoms with E-state index in [1.165, 1.54) is 12.0 Å². The van der Waals surface area contributed by atoms with Gasteiger partial charge in [0, 0.05) is 28.5 Å². The second-order valence-corrected chi connectivity index (χ2v) is 8.50. The van der Waals surface area contributed by atoms with Crippen molar-refractivity contribution in [3.8, 4) is 11.3 Å². The van der Waals surface area contributed by atoms with Crippen LogP contribution >= 0.6 is 15.9 Å². The maximum absolute atomic E-state index is 13.4. The Kier molecular flexibility index (Phi) is 5.00. The third-order valence-electron chi connectivity index (χ3n) is 5.26. The lowest BCUT2D eigenvalue weighted by Gasteiger charge is -2.31. The van der Waals surface area contributed by atoms with Crippen molar-refractivity contribution in [2.24, 2.45) is 5.92 Å². The molecule has 0 spiro atoms. The van der Waals surface area contributed by atoms with E-state index in [1.54, 1.807) is 0 Å². The molecule has 1 saturated heterocycles. The van der Waals surface area contributed by atoms with Crippen molar-refractivity contribution in [2.45, 2.75) is 26.7 Å². The number of pyridine rings is 1. The number of likely N-dealkylation sites (tertiary alicyclic amines) is 1. The molecule has 0 aliphatic carbocycles. The predicted molar refractivity (Wildman–Crippen MR) is 114 cm³/mol. The van der Waals surface area contributed by atoms with E-state index < -0.39 is 0 Å². The van der Waals surface area contributed by atoms with E-state index in [4.69, 9.17) is 4.98 Å². The summed E-state index contributed by atoms with van der Waals surface area (Å²) in [6.45, 7) is 5.96. The van der Waals surface area contributed by atoms with Crippen LogP contribution in [0.5, 0.6) is 0 Å². The first-order chi connectivity index (χ1) is 13.0. The lowest BCUT2D eigenvalue weighted by Crippen LogP contribution is -2.39. The van der Waals surface area contributed by atoms with Gasteiger partial charge in [-0.1, -0.05) is 46.6 Å². The average molecular weight is 423 g/mol. The number of piperidine rings is 1. The monoisotopic (exact) mass is 422 g/mol. The fourth-order valence-electron chi connectivity index (χ4n) is 3.87. The van der Waals surface area contributed by atoms with Crippen LogP contribution in [0.2, 0.25) is 0 Å². The van der Waals surface area contributed by atoms with E-state index in [0.717, 1.165) is 51.7 Å². The number of aromatic nitrogens is 1. The van der Waals surface area contributed by atoms with Crippen molar-refractivity contribution in [1.82, 2.24) is 9.88 Å². The normalized spacial score (nSPS) is 17.3. The molecule has 138 valence electrons. The predicted octanol–water partition coefficient (Wildman–Crippen LogP) is 5.84. The molecule has 1 atom stereocenters. The quantitative estimate of drug-likeness (QED) is 0.519. The fourth-order valence-corrected chi connectivity index (χ4v) is 4.23. The molecule has 1 fully saturated rings. The molecule has 0 saturated carbocycles. The van der Waals surface area contributed by atoms with Crippen molar-refractivity contribution in [3.63, 3.8) is 0 Å². The minimum Gasteiger partial charge on any atom is -0.338 e. The standard InChI is InChI=1S/C23H23BrN2O/c1-15-5-3-7-17(11-15)22-13-20(19-12-18(24)8-9-21(19)25-22)23(27)26-10-4-6-16(2)14-26/h3,5,7-9,11-13,16H,4,6,10,14H2,1-2H3. The number of halogens is 1. The van der Waals surface area contributed by atoms with Crippen LogP contribution in [0.15, 0.2) is 53.0 Å². The number of aryl methyl sites for hydroxylation is 1. The van der Waals surface area contributed by atoms with Gasteiger partial charge in [0.1, 0.15) is 0 Å². The topological polar surface area (TPSA) is 33.2 Å². The summed E-state index contributed by atoms with van der Waals surface area (Å²) in [6.07, 6.45) is 2.27. The maximum atomic E-state index is 13.4. The summed E-state index contributed by atoms with van der Waals surface area (Å²) in [4.78, 5) is 20.2.